The first-order valence-electron chi connectivity index (χ1n) is 11.1. The molecule has 2 aromatic heterocycles. The van der Waals surface area contributed by atoms with Crippen LogP contribution in [0.1, 0.15) is 52.6 Å². The van der Waals surface area contributed by atoms with Crippen molar-refractivity contribution in [2.45, 2.75) is 31.7 Å². The Labute approximate surface area is 185 Å². The van der Waals surface area contributed by atoms with Gasteiger partial charge in [-0.25, -0.2) is 9.97 Å². The summed E-state index contributed by atoms with van der Waals surface area (Å²) in [5, 5.41) is 0. The topological polar surface area (TPSA) is 88.4 Å². The minimum Gasteiger partial charge on any atom is -0.335 e. The third kappa shape index (κ3) is 3.66. The first kappa shape index (κ1) is 20.4. The van der Waals surface area contributed by atoms with Gasteiger partial charge in [0.15, 0.2) is 11.3 Å². The lowest BCUT2D eigenvalue weighted by Gasteiger charge is -2.34. The Kier molecular flexibility index (Phi) is 5.43. The molecule has 2 fully saturated rings. The van der Waals surface area contributed by atoms with E-state index in [0.717, 1.165) is 25.7 Å². The highest BCUT2D eigenvalue weighted by Crippen LogP contribution is 2.30. The first-order valence-corrected chi connectivity index (χ1v) is 11.1. The lowest BCUT2D eigenvalue weighted by atomic mass is 10.1. The molecule has 0 unspecified atom stereocenters. The van der Waals surface area contributed by atoms with E-state index in [2.05, 4.69) is 9.97 Å². The van der Waals surface area contributed by atoms with Crippen molar-refractivity contribution in [2.24, 2.45) is 0 Å². The smallest absolute Gasteiger partial charge is 0.284 e. The van der Waals surface area contributed by atoms with Crippen LogP contribution in [0.15, 0.2) is 53.5 Å². The van der Waals surface area contributed by atoms with E-state index in [-0.39, 0.29) is 29.1 Å². The molecular formula is C24H25N5O3. The fourth-order valence-corrected chi connectivity index (χ4v) is 4.71. The summed E-state index contributed by atoms with van der Waals surface area (Å²) in [6, 6.07) is 12.7. The molecule has 0 radical (unpaired) electrons. The fraction of sp³-hybridized carbons (Fsp3) is 0.375. The molecule has 164 valence electrons. The highest BCUT2D eigenvalue weighted by molar-refractivity contribution is 5.95. The molecular weight excluding hydrogens is 406 g/mol. The molecule has 8 heteroatoms. The van der Waals surface area contributed by atoms with Gasteiger partial charge in [0.25, 0.3) is 17.4 Å². The third-order valence-electron chi connectivity index (χ3n) is 6.42. The number of hydrogen-bond acceptors (Lipinski definition) is 5. The van der Waals surface area contributed by atoms with Gasteiger partial charge >= 0.3 is 0 Å². The van der Waals surface area contributed by atoms with Crippen LogP contribution in [0.2, 0.25) is 0 Å². The van der Waals surface area contributed by atoms with Crippen molar-refractivity contribution >= 4 is 23.0 Å². The zero-order valence-corrected chi connectivity index (χ0v) is 17.8. The highest BCUT2D eigenvalue weighted by Gasteiger charge is 2.30. The molecule has 3 aromatic rings. The molecule has 0 bridgehead atoms. The van der Waals surface area contributed by atoms with Crippen LogP contribution in [0.25, 0.3) is 11.2 Å². The van der Waals surface area contributed by atoms with Crippen LogP contribution < -0.4 is 5.56 Å². The Balaban J connectivity index is 1.39. The number of benzene rings is 1. The molecule has 0 spiro atoms. The van der Waals surface area contributed by atoms with Crippen molar-refractivity contribution in [3.05, 3.63) is 70.3 Å². The summed E-state index contributed by atoms with van der Waals surface area (Å²) in [6.07, 6.45) is 5.59. The molecule has 1 saturated carbocycles. The van der Waals surface area contributed by atoms with E-state index >= 15 is 0 Å². The van der Waals surface area contributed by atoms with Gasteiger partial charge in [-0.3, -0.25) is 19.0 Å². The zero-order valence-electron chi connectivity index (χ0n) is 17.8. The molecule has 3 heterocycles. The largest absolute Gasteiger partial charge is 0.335 e. The summed E-state index contributed by atoms with van der Waals surface area (Å²) in [7, 11) is 0. The van der Waals surface area contributed by atoms with Crippen LogP contribution in [0.3, 0.4) is 0 Å². The predicted octanol–water partition coefficient (Wildman–Crippen LogP) is 2.50. The summed E-state index contributed by atoms with van der Waals surface area (Å²) in [4.78, 5) is 51.5. The number of fused-ring (bicyclic) bond motifs is 1. The van der Waals surface area contributed by atoms with Gasteiger partial charge in [-0.2, -0.15) is 0 Å². The van der Waals surface area contributed by atoms with Crippen molar-refractivity contribution < 1.29 is 9.59 Å². The molecule has 1 aliphatic carbocycles. The van der Waals surface area contributed by atoms with Crippen LogP contribution in [-0.4, -0.2) is 62.3 Å². The van der Waals surface area contributed by atoms with Crippen molar-refractivity contribution in [1.29, 1.82) is 0 Å². The molecule has 2 aliphatic rings. The number of carbonyl (C=O) groups excluding carboxylic acids is 2. The van der Waals surface area contributed by atoms with Gasteiger partial charge in [0.1, 0.15) is 5.52 Å². The number of carbonyl (C=O) groups is 2. The van der Waals surface area contributed by atoms with Crippen molar-refractivity contribution in [3.63, 3.8) is 0 Å². The van der Waals surface area contributed by atoms with Gasteiger partial charge in [-0.05, 0) is 37.1 Å². The van der Waals surface area contributed by atoms with E-state index in [1.165, 1.54) is 0 Å². The van der Waals surface area contributed by atoms with Crippen molar-refractivity contribution in [1.82, 2.24) is 24.3 Å². The minimum absolute atomic E-state index is 0.0452. The Morgan fingerprint density at radius 1 is 0.844 bits per heavy atom. The van der Waals surface area contributed by atoms with Gasteiger partial charge in [0, 0.05) is 44.0 Å². The molecule has 1 aliphatic heterocycles. The SMILES string of the molecule is O=C(c1ccccc1)N1CCN(C(=O)c2nc3cccnc3n(C3CCCC3)c2=O)CC1. The first-order chi connectivity index (χ1) is 15.6. The number of piperazine rings is 1. The number of hydrogen-bond donors (Lipinski definition) is 0. The summed E-state index contributed by atoms with van der Waals surface area (Å²) in [5.41, 5.74) is 1.31. The Bertz CT molecular complexity index is 1210. The van der Waals surface area contributed by atoms with Crippen LogP contribution in [0.4, 0.5) is 0 Å². The Morgan fingerprint density at radius 2 is 1.50 bits per heavy atom. The second kappa shape index (κ2) is 8.53. The van der Waals surface area contributed by atoms with Gasteiger partial charge in [0.2, 0.25) is 0 Å². The number of pyridine rings is 1. The van der Waals surface area contributed by atoms with Gasteiger partial charge in [-0.1, -0.05) is 31.0 Å². The Hall–Kier alpha value is -3.55. The fourth-order valence-electron chi connectivity index (χ4n) is 4.71. The maximum absolute atomic E-state index is 13.4. The lowest BCUT2D eigenvalue weighted by molar-refractivity contribution is 0.0531. The van der Waals surface area contributed by atoms with Crippen molar-refractivity contribution in [3.8, 4) is 0 Å². The van der Waals surface area contributed by atoms with E-state index in [0.29, 0.717) is 42.9 Å². The summed E-state index contributed by atoms with van der Waals surface area (Å²) >= 11 is 0. The third-order valence-corrected chi connectivity index (χ3v) is 6.42. The van der Waals surface area contributed by atoms with E-state index < -0.39 is 0 Å². The number of rotatable bonds is 3. The summed E-state index contributed by atoms with van der Waals surface area (Å²) < 4.78 is 1.68. The monoisotopic (exact) mass is 431 g/mol. The lowest BCUT2D eigenvalue weighted by Crippen LogP contribution is -2.51. The van der Waals surface area contributed by atoms with Crippen molar-refractivity contribution in [2.75, 3.05) is 26.2 Å². The van der Waals surface area contributed by atoms with E-state index in [1.54, 1.807) is 44.8 Å². The van der Waals surface area contributed by atoms with E-state index in [4.69, 9.17) is 0 Å². The summed E-state index contributed by atoms with van der Waals surface area (Å²) in [6.45, 7) is 1.58. The van der Waals surface area contributed by atoms with E-state index in [1.807, 2.05) is 18.2 Å². The molecule has 0 atom stereocenters. The molecule has 8 nitrogen and oxygen atoms in total. The quantitative estimate of drug-likeness (QED) is 0.636. The van der Waals surface area contributed by atoms with E-state index in [9.17, 15) is 14.4 Å². The minimum atomic E-state index is -0.376. The second-order valence-electron chi connectivity index (χ2n) is 8.37. The highest BCUT2D eigenvalue weighted by atomic mass is 16.2. The van der Waals surface area contributed by atoms with Gasteiger partial charge in [0.05, 0.1) is 0 Å². The zero-order chi connectivity index (χ0) is 22.1. The number of aromatic nitrogens is 3. The van der Waals surface area contributed by atoms with Gasteiger partial charge < -0.3 is 9.80 Å². The summed E-state index contributed by atoms with van der Waals surface area (Å²) in [5.74, 6) is -0.421. The average molecular weight is 431 g/mol. The molecule has 5 rings (SSSR count). The van der Waals surface area contributed by atoms with Gasteiger partial charge in [-0.15, -0.1) is 0 Å². The normalized spacial score (nSPS) is 17.1. The van der Waals surface area contributed by atoms with Crippen LogP contribution in [0, 0.1) is 0 Å². The number of nitrogens with zero attached hydrogens (tertiary/aromatic N) is 5. The molecule has 1 saturated heterocycles. The molecule has 32 heavy (non-hydrogen) atoms. The second-order valence-corrected chi connectivity index (χ2v) is 8.37. The maximum atomic E-state index is 13.4. The van der Waals surface area contributed by atoms with Crippen LogP contribution >= 0.6 is 0 Å². The standard InChI is InChI=1S/C24H25N5O3/c30-22(17-7-2-1-3-8-17)27-13-15-28(16-14-27)23(31)20-24(32)29(18-9-4-5-10-18)21-19(26-20)11-6-12-25-21/h1-3,6-8,11-12,18H,4-5,9-10,13-16H2. The van der Waals surface area contributed by atoms with Crippen LogP contribution in [0.5, 0.6) is 0 Å². The van der Waals surface area contributed by atoms with Crippen LogP contribution in [-0.2, 0) is 0 Å². The Morgan fingerprint density at radius 3 is 2.19 bits per heavy atom. The predicted molar refractivity (Wildman–Crippen MR) is 120 cm³/mol. The maximum Gasteiger partial charge on any atom is 0.284 e. The molecule has 2 amide bonds. The number of amides is 2. The average Bonchev–Trinajstić information content (AvgIpc) is 3.38. The molecule has 0 N–H and O–H groups in total. The molecule has 1 aromatic carbocycles.